The van der Waals surface area contributed by atoms with Crippen molar-refractivity contribution in [2.45, 2.75) is 6.92 Å². The van der Waals surface area contributed by atoms with Gasteiger partial charge in [-0.3, -0.25) is 4.99 Å². The molecule has 2 nitrogen and oxygen atoms in total. The summed E-state index contributed by atoms with van der Waals surface area (Å²) in [4.78, 5) is 4.39. The Labute approximate surface area is 114 Å². The molecule has 0 saturated carbocycles. The molecule has 0 saturated heterocycles. The van der Waals surface area contributed by atoms with Gasteiger partial charge in [0.05, 0.1) is 5.69 Å². The standard InChI is InChI=1S/C14H12INO/c1-10-5-4-6-11(14(10)17)9-16-13-8-3-2-7-12(13)15/h2-9,17H,1H3. The predicted octanol–water partition coefficient (Wildman–Crippen LogP) is 4.06. The zero-order chi connectivity index (χ0) is 12.3. The number of benzene rings is 2. The normalized spacial score (nSPS) is 10.9. The number of hydrogen-bond acceptors (Lipinski definition) is 2. The fourth-order valence-corrected chi connectivity index (χ4v) is 2.01. The lowest BCUT2D eigenvalue weighted by Gasteiger charge is -2.02. The van der Waals surface area contributed by atoms with Gasteiger partial charge in [-0.15, -0.1) is 0 Å². The van der Waals surface area contributed by atoms with Crippen LogP contribution >= 0.6 is 22.6 Å². The van der Waals surface area contributed by atoms with Crippen molar-refractivity contribution in [2.24, 2.45) is 4.99 Å². The SMILES string of the molecule is Cc1cccc(C=Nc2ccccc2I)c1O. The molecule has 0 aromatic heterocycles. The fourth-order valence-electron chi connectivity index (χ4n) is 1.48. The van der Waals surface area contributed by atoms with Crippen molar-refractivity contribution >= 4 is 34.5 Å². The van der Waals surface area contributed by atoms with Gasteiger partial charge in [0.1, 0.15) is 5.75 Å². The van der Waals surface area contributed by atoms with E-state index in [1.54, 1.807) is 6.21 Å². The van der Waals surface area contributed by atoms with E-state index in [1.807, 2.05) is 49.4 Å². The number of halogens is 1. The predicted molar refractivity (Wildman–Crippen MR) is 79.3 cm³/mol. The van der Waals surface area contributed by atoms with Gasteiger partial charge in [0.2, 0.25) is 0 Å². The van der Waals surface area contributed by atoms with Crippen LogP contribution < -0.4 is 0 Å². The Kier molecular flexibility index (Phi) is 3.78. The lowest BCUT2D eigenvalue weighted by Crippen LogP contribution is -1.85. The molecule has 0 atom stereocenters. The van der Waals surface area contributed by atoms with Gasteiger partial charge in [-0.05, 0) is 53.3 Å². The smallest absolute Gasteiger partial charge is 0.127 e. The zero-order valence-corrected chi connectivity index (χ0v) is 11.5. The first-order chi connectivity index (χ1) is 8.18. The number of aliphatic imine (C=N–C) groups is 1. The maximum Gasteiger partial charge on any atom is 0.127 e. The summed E-state index contributed by atoms with van der Waals surface area (Å²) in [6.07, 6.45) is 1.69. The van der Waals surface area contributed by atoms with Crippen LogP contribution in [0.15, 0.2) is 47.5 Å². The van der Waals surface area contributed by atoms with Crippen molar-refractivity contribution in [3.05, 3.63) is 57.2 Å². The third kappa shape index (κ3) is 2.85. The molecule has 2 aromatic rings. The van der Waals surface area contributed by atoms with E-state index in [4.69, 9.17) is 0 Å². The third-order valence-electron chi connectivity index (χ3n) is 2.46. The molecule has 0 fully saturated rings. The second kappa shape index (κ2) is 5.31. The Hall–Kier alpha value is -1.36. The van der Waals surface area contributed by atoms with E-state index in [9.17, 15) is 5.11 Å². The lowest BCUT2D eigenvalue weighted by molar-refractivity contribution is 0.470. The molecule has 86 valence electrons. The molecule has 0 spiro atoms. The largest absolute Gasteiger partial charge is 0.507 e. The zero-order valence-electron chi connectivity index (χ0n) is 9.39. The summed E-state index contributed by atoms with van der Waals surface area (Å²) in [6.45, 7) is 1.87. The fraction of sp³-hybridized carbons (Fsp3) is 0.0714. The average molecular weight is 337 g/mol. The summed E-state index contributed by atoms with van der Waals surface area (Å²) in [6, 6.07) is 13.5. The van der Waals surface area contributed by atoms with Crippen LogP contribution in [-0.4, -0.2) is 11.3 Å². The topological polar surface area (TPSA) is 32.6 Å². The lowest BCUT2D eigenvalue weighted by atomic mass is 10.1. The second-order valence-corrected chi connectivity index (χ2v) is 4.88. The molecule has 0 radical (unpaired) electrons. The Bertz CT molecular complexity index is 564. The van der Waals surface area contributed by atoms with Gasteiger partial charge in [-0.2, -0.15) is 0 Å². The summed E-state index contributed by atoms with van der Waals surface area (Å²) in [5.74, 6) is 0.294. The minimum Gasteiger partial charge on any atom is -0.507 e. The van der Waals surface area contributed by atoms with E-state index in [0.717, 1.165) is 20.4 Å². The van der Waals surface area contributed by atoms with Crippen molar-refractivity contribution in [2.75, 3.05) is 0 Å². The highest BCUT2D eigenvalue weighted by atomic mass is 127. The molecule has 3 heteroatoms. The number of phenolic OH excluding ortho intramolecular Hbond substituents is 1. The molecule has 0 aliphatic carbocycles. The van der Waals surface area contributed by atoms with Gasteiger partial charge in [0.15, 0.2) is 0 Å². The van der Waals surface area contributed by atoms with Gasteiger partial charge < -0.3 is 5.11 Å². The van der Waals surface area contributed by atoms with Crippen LogP contribution in [0, 0.1) is 10.5 Å². The maximum atomic E-state index is 9.85. The molecule has 2 rings (SSSR count). The molecule has 1 N–H and O–H groups in total. The minimum absolute atomic E-state index is 0.294. The molecular weight excluding hydrogens is 325 g/mol. The molecular formula is C14H12INO. The van der Waals surface area contributed by atoms with Crippen molar-refractivity contribution < 1.29 is 5.11 Å². The van der Waals surface area contributed by atoms with E-state index in [2.05, 4.69) is 27.6 Å². The van der Waals surface area contributed by atoms with Crippen LogP contribution in [0.4, 0.5) is 5.69 Å². The summed E-state index contributed by atoms with van der Waals surface area (Å²) in [5, 5.41) is 9.85. The summed E-state index contributed by atoms with van der Waals surface area (Å²) < 4.78 is 1.09. The second-order valence-electron chi connectivity index (χ2n) is 3.72. The molecule has 0 unspecified atom stereocenters. The van der Waals surface area contributed by atoms with Crippen molar-refractivity contribution in [3.8, 4) is 5.75 Å². The minimum atomic E-state index is 0.294. The quantitative estimate of drug-likeness (QED) is 0.651. The van der Waals surface area contributed by atoms with Gasteiger partial charge in [-0.25, -0.2) is 0 Å². The highest BCUT2D eigenvalue weighted by molar-refractivity contribution is 14.1. The summed E-state index contributed by atoms with van der Waals surface area (Å²) >= 11 is 2.24. The van der Waals surface area contributed by atoms with E-state index >= 15 is 0 Å². The number of aryl methyl sites for hydroxylation is 1. The molecule has 0 aliphatic rings. The molecule has 0 heterocycles. The van der Waals surface area contributed by atoms with E-state index in [0.29, 0.717) is 5.75 Å². The number of rotatable bonds is 2. The van der Waals surface area contributed by atoms with Crippen LogP contribution in [0.25, 0.3) is 0 Å². The van der Waals surface area contributed by atoms with E-state index in [-0.39, 0.29) is 0 Å². The van der Waals surface area contributed by atoms with Crippen molar-refractivity contribution in [3.63, 3.8) is 0 Å². The van der Waals surface area contributed by atoms with Crippen LogP contribution in [0.5, 0.6) is 5.75 Å². The third-order valence-corrected chi connectivity index (χ3v) is 3.38. The highest BCUT2D eigenvalue weighted by Crippen LogP contribution is 2.23. The molecule has 0 amide bonds. The number of aromatic hydroxyl groups is 1. The number of nitrogens with zero attached hydrogens (tertiary/aromatic N) is 1. The van der Waals surface area contributed by atoms with Crippen LogP contribution in [0.3, 0.4) is 0 Å². The van der Waals surface area contributed by atoms with E-state index in [1.165, 1.54) is 0 Å². The maximum absolute atomic E-state index is 9.85. The van der Waals surface area contributed by atoms with Crippen molar-refractivity contribution in [1.82, 2.24) is 0 Å². The first-order valence-electron chi connectivity index (χ1n) is 5.25. The summed E-state index contributed by atoms with van der Waals surface area (Å²) in [7, 11) is 0. The molecule has 0 aliphatic heterocycles. The molecule has 2 aromatic carbocycles. The van der Waals surface area contributed by atoms with Crippen LogP contribution in [0.2, 0.25) is 0 Å². The van der Waals surface area contributed by atoms with Crippen LogP contribution in [0.1, 0.15) is 11.1 Å². The van der Waals surface area contributed by atoms with Crippen molar-refractivity contribution in [1.29, 1.82) is 0 Å². The Morgan fingerprint density at radius 1 is 1.12 bits per heavy atom. The number of para-hydroxylation sites is 2. The first kappa shape index (κ1) is 12.1. The Balaban J connectivity index is 2.33. The summed E-state index contributed by atoms with van der Waals surface area (Å²) in [5.41, 5.74) is 2.51. The number of phenols is 1. The average Bonchev–Trinajstić information content (AvgIpc) is 2.33. The van der Waals surface area contributed by atoms with Gasteiger partial charge in [0, 0.05) is 15.3 Å². The van der Waals surface area contributed by atoms with Crippen LogP contribution in [-0.2, 0) is 0 Å². The van der Waals surface area contributed by atoms with Gasteiger partial charge in [-0.1, -0.05) is 24.3 Å². The highest BCUT2D eigenvalue weighted by Gasteiger charge is 2.01. The Morgan fingerprint density at radius 3 is 2.65 bits per heavy atom. The molecule has 0 bridgehead atoms. The Morgan fingerprint density at radius 2 is 1.88 bits per heavy atom. The van der Waals surface area contributed by atoms with E-state index < -0.39 is 0 Å². The van der Waals surface area contributed by atoms with Gasteiger partial charge >= 0.3 is 0 Å². The molecule has 17 heavy (non-hydrogen) atoms. The monoisotopic (exact) mass is 337 g/mol. The number of hydrogen-bond donors (Lipinski definition) is 1. The van der Waals surface area contributed by atoms with Gasteiger partial charge in [0.25, 0.3) is 0 Å². The first-order valence-corrected chi connectivity index (χ1v) is 6.33.